The van der Waals surface area contributed by atoms with Crippen LogP contribution in [0.1, 0.15) is 56.9 Å². The standard InChI is InChI=1S/C25H31N3O2/c1-2-30-25(29)23(21-14-8-6-9-15-21)18-12-4-3-5-13-19-28-26-20-24(27-28)22-16-10-7-11-17-22/h6-11,14-17,20,23H,2-5,12-13,18-19H2,1H3. The quantitative estimate of drug-likeness (QED) is 0.289. The molecule has 5 heteroatoms. The van der Waals surface area contributed by atoms with Crippen LogP contribution in [0.25, 0.3) is 11.3 Å². The Labute approximate surface area is 179 Å². The van der Waals surface area contributed by atoms with Crippen molar-refractivity contribution in [3.05, 3.63) is 72.4 Å². The van der Waals surface area contributed by atoms with Crippen LogP contribution in [0.3, 0.4) is 0 Å². The molecule has 0 fully saturated rings. The Balaban J connectivity index is 1.35. The van der Waals surface area contributed by atoms with E-state index in [1.165, 1.54) is 0 Å². The lowest BCUT2D eigenvalue weighted by molar-refractivity contribution is -0.145. The van der Waals surface area contributed by atoms with Crippen molar-refractivity contribution in [2.24, 2.45) is 0 Å². The summed E-state index contributed by atoms with van der Waals surface area (Å²) in [6.07, 6.45) is 8.15. The molecule has 0 spiro atoms. The lowest BCUT2D eigenvalue weighted by Crippen LogP contribution is -2.16. The van der Waals surface area contributed by atoms with Crippen LogP contribution in [0.2, 0.25) is 0 Å². The number of hydrogen-bond acceptors (Lipinski definition) is 4. The molecule has 0 amide bonds. The zero-order chi connectivity index (χ0) is 21.0. The van der Waals surface area contributed by atoms with Gasteiger partial charge in [0.25, 0.3) is 0 Å². The predicted molar refractivity (Wildman–Crippen MR) is 119 cm³/mol. The van der Waals surface area contributed by atoms with Crippen molar-refractivity contribution in [1.82, 2.24) is 15.0 Å². The van der Waals surface area contributed by atoms with Crippen molar-refractivity contribution >= 4 is 5.97 Å². The van der Waals surface area contributed by atoms with Gasteiger partial charge in [0.15, 0.2) is 0 Å². The van der Waals surface area contributed by atoms with Crippen LogP contribution in [-0.2, 0) is 16.1 Å². The Bertz CT molecular complexity index is 878. The molecule has 158 valence electrons. The van der Waals surface area contributed by atoms with Crippen molar-refractivity contribution in [1.29, 1.82) is 0 Å². The van der Waals surface area contributed by atoms with Gasteiger partial charge in [-0.2, -0.15) is 15.0 Å². The largest absolute Gasteiger partial charge is 0.466 e. The Morgan fingerprint density at radius 2 is 1.60 bits per heavy atom. The Kier molecular flexibility index (Phi) is 8.63. The molecule has 3 aromatic rings. The molecule has 0 saturated heterocycles. The molecule has 1 aromatic heterocycles. The highest BCUT2D eigenvalue weighted by atomic mass is 16.5. The van der Waals surface area contributed by atoms with Gasteiger partial charge in [0, 0.05) is 5.56 Å². The Morgan fingerprint density at radius 3 is 2.33 bits per heavy atom. The third kappa shape index (κ3) is 6.55. The third-order valence-electron chi connectivity index (χ3n) is 5.23. The summed E-state index contributed by atoms with van der Waals surface area (Å²) in [6, 6.07) is 20.1. The minimum Gasteiger partial charge on any atom is -0.466 e. The summed E-state index contributed by atoms with van der Waals surface area (Å²) in [5.74, 6) is -0.265. The monoisotopic (exact) mass is 405 g/mol. The number of ether oxygens (including phenoxy) is 1. The molecule has 0 aliphatic carbocycles. The van der Waals surface area contributed by atoms with Crippen LogP contribution in [0.15, 0.2) is 66.9 Å². The first-order valence-corrected chi connectivity index (χ1v) is 10.9. The molecule has 0 bridgehead atoms. The molecule has 1 unspecified atom stereocenters. The number of benzene rings is 2. The van der Waals surface area contributed by atoms with Gasteiger partial charge in [-0.1, -0.05) is 86.3 Å². The maximum atomic E-state index is 12.3. The molecule has 0 aliphatic heterocycles. The molecule has 1 atom stereocenters. The van der Waals surface area contributed by atoms with Crippen LogP contribution in [0, 0.1) is 0 Å². The summed E-state index contributed by atoms with van der Waals surface area (Å²) in [7, 11) is 0. The van der Waals surface area contributed by atoms with Gasteiger partial charge in [0.05, 0.1) is 25.3 Å². The lowest BCUT2D eigenvalue weighted by atomic mass is 9.93. The van der Waals surface area contributed by atoms with Gasteiger partial charge in [-0.3, -0.25) is 4.79 Å². The average molecular weight is 406 g/mol. The van der Waals surface area contributed by atoms with E-state index in [9.17, 15) is 4.79 Å². The molecule has 5 nitrogen and oxygen atoms in total. The molecule has 0 radical (unpaired) electrons. The van der Waals surface area contributed by atoms with E-state index in [1.54, 1.807) is 4.80 Å². The summed E-state index contributed by atoms with van der Waals surface area (Å²) >= 11 is 0. The van der Waals surface area contributed by atoms with Crippen molar-refractivity contribution in [3.8, 4) is 11.3 Å². The molecule has 0 saturated carbocycles. The van der Waals surface area contributed by atoms with E-state index in [0.29, 0.717) is 6.61 Å². The van der Waals surface area contributed by atoms with E-state index < -0.39 is 0 Å². The van der Waals surface area contributed by atoms with Crippen molar-refractivity contribution in [3.63, 3.8) is 0 Å². The summed E-state index contributed by atoms with van der Waals surface area (Å²) in [5, 5.41) is 8.94. The second-order valence-electron chi connectivity index (χ2n) is 7.46. The number of esters is 1. The van der Waals surface area contributed by atoms with Gasteiger partial charge < -0.3 is 4.74 Å². The molecule has 3 rings (SSSR count). The number of rotatable bonds is 12. The first-order valence-electron chi connectivity index (χ1n) is 10.9. The summed E-state index contributed by atoms with van der Waals surface area (Å²) in [5.41, 5.74) is 3.06. The predicted octanol–water partition coefficient (Wildman–Crippen LogP) is 5.63. The summed E-state index contributed by atoms with van der Waals surface area (Å²) in [6.45, 7) is 3.12. The maximum Gasteiger partial charge on any atom is 0.313 e. The zero-order valence-electron chi connectivity index (χ0n) is 17.7. The highest BCUT2D eigenvalue weighted by molar-refractivity contribution is 5.78. The molecule has 0 N–H and O–H groups in total. The van der Waals surface area contributed by atoms with Gasteiger partial charge in [-0.15, -0.1) is 0 Å². The van der Waals surface area contributed by atoms with E-state index in [1.807, 2.05) is 73.8 Å². The van der Waals surface area contributed by atoms with Crippen molar-refractivity contribution in [2.75, 3.05) is 6.61 Å². The fourth-order valence-corrected chi connectivity index (χ4v) is 3.63. The van der Waals surface area contributed by atoms with E-state index in [2.05, 4.69) is 10.2 Å². The second-order valence-corrected chi connectivity index (χ2v) is 7.46. The second kappa shape index (κ2) is 11.9. The smallest absolute Gasteiger partial charge is 0.313 e. The zero-order valence-corrected chi connectivity index (χ0v) is 17.7. The fourth-order valence-electron chi connectivity index (χ4n) is 3.63. The number of aryl methyl sites for hydroxylation is 1. The van der Waals surface area contributed by atoms with Crippen molar-refractivity contribution in [2.45, 2.75) is 57.9 Å². The minimum atomic E-state index is -0.157. The number of carbonyl (C=O) groups excluding carboxylic acids is 1. The molecular formula is C25H31N3O2. The lowest BCUT2D eigenvalue weighted by Gasteiger charge is -2.15. The van der Waals surface area contributed by atoms with Crippen LogP contribution in [0.5, 0.6) is 0 Å². The molecule has 2 aromatic carbocycles. The first kappa shape index (κ1) is 21.8. The van der Waals surface area contributed by atoms with E-state index in [4.69, 9.17) is 4.74 Å². The fraction of sp³-hybridized carbons (Fsp3) is 0.400. The maximum absolute atomic E-state index is 12.3. The molecular weight excluding hydrogens is 374 g/mol. The SMILES string of the molecule is CCOC(=O)C(CCCCCCCn1ncc(-c2ccccc2)n1)c1ccccc1. The first-order chi connectivity index (χ1) is 14.8. The van der Waals surface area contributed by atoms with E-state index in [-0.39, 0.29) is 11.9 Å². The van der Waals surface area contributed by atoms with Crippen LogP contribution < -0.4 is 0 Å². The molecule has 0 aliphatic rings. The van der Waals surface area contributed by atoms with Crippen LogP contribution in [0.4, 0.5) is 0 Å². The highest BCUT2D eigenvalue weighted by Gasteiger charge is 2.21. The number of hydrogen-bond donors (Lipinski definition) is 0. The number of aromatic nitrogens is 3. The van der Waals surface area contributed by atoms with Gasteiger partial charge in [0.1, 0.15) is 5.69 Å². The molecule has 30 heavy (non-hydrogen) atoms. The highest BCUT2D eigenvalue weighted by Crippen LogP contribution is 2.24. The van der Waals surface area contributed by atoms with Crippen molar-refractivity contribution < 1.29 is 9.53 Å². The average Bonchev–Trinajstić information content (AvgIpc) is 3.26. The van der Waals surface area contributed by atoms with Crippen LogP contribution >= 0.6 is 0 Å². The number of unbranched alkanes of at least 4 members (excludes halogenated alkanes) is 4. The van der Waals surface area contributed by atoms with Gasteiger partial charge in [0.2, 0.25) is 0 Å². The molecule has 1 heterocycles. The minimum absolute atomic E-state index is 0.109. The Hall–Kier alpha value is -2.95. The van der Waals surface area contributed by atoms with E-state index in [0.717, 1.165) is 61.9 Å². The van der Waals surface area contributed by atoms with Gasteiger partial charge in [-0.25, -0.2) is 0 Å². The topological polar surface area (TPSA) is 57.0 Å². The van der Waals surface area contributed by atoms with Gasteiger partial charge in [-0.05, 0) is 25.3 Å². The number of nitrogens with zero attached hydrogens (tertiary/aromatic N) is 3. The van der Waals surface area contributed by atoms with Crippen LogP contribution in [-0.4, -0.2) is 27.6 Å². The Morgan fingerprint density at radius 1 is 0.933 bits per heavy atom. The van der Waals surface area contributed by atoms with E-state index >= 15 is 0 Å². The third-order valence-corrected chi connectivity index (χ3v) is 5.23. The van der Waals surface area contributed by atoms with Gasteiger partial charge >= 0.3 is 5.97 Å². The summed E-state index contributed by atoms with van der Waals surface area (Å²) < 4.78 is 5.28. The summed E-state index contributed by atoms with van der Waals surface area (Å²) in [4.78, 5) is 14.1. The number of carbonyl (C=O) groups is 1. The normalized spacial score (nSPS) is 11.9.